The van der Waals surface area contributed by atoms with E-state index in [1.165, 1.54) is 12.1 Å². The van der Waals surface area contributed by atoms with E-state index in [0.29, 0.717) is 18.4 Å². The molecule has 2 aromatic carbocycles. The number of carboxylic acids is 1. The van der Waals surface area contributed by atoms with E-state index in [4.69, 9.17) is 17.2 Å². The molecule has 1 heterocycles. The number of carbonyl (C=O) groups is 4. The van der Waals surface area contributed by atoms with Crippen molar-refractivity contribution in [3.05, 3.63) is 65.9 Å². The van der Waals surface area contributed by atoms with Crippen LogP contribution in [0.3, 0.4) is 0 Å². The predicted octanol–water partition coefficient (Wildman–Crippen LogP) is 0.625. The molecule has 0 aliphatic heterocycles. The average Bonchev–Trinajstić information content (AvgIpc) is 3.43. The summed E-state index contributed by atoms with van der Waals surface area (Å²) >= 11 is 0. The van der Waals surface area contributed by atoms with Crippen molar-refractivity contribution in [2.45, 2.75) is 70.1 Å². The zero-order valence-corrected chi connectivity index (χ0v) is 26.0. The van der Waals surface area contributed by atoms with Gasteiger partial charge in [-0.2, -0.15) is 0 Å². The van der Waals surface area contributed by atoms with Crippen LogP contribution in [0.1, 0.15) is 44.2 Å². The van der Waals surface area contributed by atoms with Gasteiger partial charge in [0, 0.05) is 30.1 Å². The number of hydrogen-bond donors (Lipinski definition) is 9. The highest BCUT2D eigenvalue weighted by Gasteiger charge is 2.33. The zero-order valence-electron chi connectivity index (χ0n) is 26.0. The van der Waals surface area contributed by atoms with Crippen LogP contribution in [0.5, 0.6) is 5.75 Å². The molecule has 0 radical (unpaired) electrons. The van der Waals surface area contributed by atoms with Gasteiger partial charge in [-0.05, 0) is 54.5 Å². The number of amides is 3. The van der Waals surface area contributed by atoms with Gasteiger partial charge in [-0.15, -0.1) is 0 Å². The summed E-state index contributed by atoms with van der Waals surface area (Å²) in [5, 5.41) is 28.2. The Bertz CT molecular complexity index is 1520. The number of aliphatic imine (C=N–C) groups is 1. The normalized spacial score (nSPS) is 14.3. The summed E-state index contributed by atoms with van der Waals surface area (Å²) in [6.45, 7) is 3.79. The summed E-state index contributed by atoms with van der Waals surface area (Å²) < 4.78 is 0. The minimum atomic E-state index is -1.29. The summed E-state index contributed by atoms with van der Waals surface area (Å²) in [6, 6.07) is 9.13. The molecule has 248 valence electrons. The van der Waals surface area contributed by atoms with Crippen molar-refractivity contribution in [1.29, 1.82) is 0 Å². The first kappa shape index (κ1) is 35.4. The van der Waals surface area contributed by atoms with E-state index in [2.05, 4.69) is 25.9 Å². The number of nitrogens with two attached hydrogens (primary N) is 3. The largest absolute Gasteiger partial charge is 0.508 e. The summed E-state index contributed by atoms with van der Waals surface area (Å²) in [5.41, 5.74) is 19.4. The zero-order chi connectivity index (χ0) is 33.8. The van der Waals surface area contributed by atoms with Crippen LogP contribution in [-0.2, 0) is 32.0 Å². The molecule has 0 saturated heterocycles. The van der Waals surface area contributed by atoms with Crippen LogP contribution in [0.2, 0.25) is 0 Å². The maximum absolute atomic E-state index is 13.6. The molecule has 0 fully saturated rings. The van der Waals surface area contributed by atoms with Gasteiger partial charge in [-0.1, -0.05) is 50.6 Å². The predicted molar refractivity (Wildman–Crippen MR) is 175 cm³/mol. The third-order valence-corrected chi connectivity index (χ3v) is 7.81. The Labute approximate surface area is 267 Å². The van der Waals surface area contributed by atoms with Gasteiger partial charge in [0.2, 0.25) is 17.7 Å². The van der Waals surface area contributed by atoms with Gasteiger partial charge in [0.05, 0.1) is 6.04 Å². The summed E-state index contributed by atoms with van der Waals surface area (Å²) in [5.74, 6) is -3.60. The number of aliphatic carboxylic acids is 1. The van der Waals surface area contributed by atoms with E-state index in [0.717, 1.165) is 16.5 Å². The Morgan fingerprint density at radius 2 is 1.59 bits per heavy atom. The summed E-state index contributed by atoms with van der Waals surface area (Å²) in [4.78, 5) is 59.4. The fourth-order valence-electron chi connectivity index (χ4n) is 4.97. The smallest absolute Gasteiger partial charge is 0.326 e. The Kier molecular flexibility index (Phi) is 12.9. The molecule has 0 spiro atoms. The second-order valence-electron chi connectivity index (χ2n) is 11.3. The van der Waals surface area contributed by atoms with Crippen LogP contribution >= 0.6 is 0 Å². The third-order valence-electron chi connectivity index (χ3n) is 7.81. The maximum Gasteiger partial charge on any atom is 0.326 e. The lowest BCUT2D eigenvalue weighted by molar-refractivity contribution is -0.142. The first-order valence-corrected chi connectivity index (χ1v) is 15.2. The molecule has 3 aromatic rings. The number of carboxylic acid groups (broad SMARTS) is 1. The van der Waals surface area contributed by atoms with E-state index in [-0.39, 0.29) is 43.4 Å². The monoisotopic (exact) mass is 636 g/mol. The number of aromatic hydroxyl groups is 1. The Hall–Kier alpha value is -5.11. The topological polar surface area (TPSA) is 251 Å². The number of hydrogen-bond acceptors (Lipinski definition) is 7. The number of guanidine groups is 1. The summed E-state index contributed by atoms with van der Waals surface area (Å²) in [7, 11) is 0. The first-order chi connectivity index (χ1) is 21.9. The molecular weight excluding hydrogens is 592 g/mol. The minimum absolute atomic E-state index is 0.0260. The molecular formula is C32H44N8O6. The second-order valence-corrected chi connectivity index (χ2v) is 11.3. The van der Waals surface area contributed by atoms with Crippen LogP contribution in [-0.4, -0.2) is 75.6 Å². The van der Waals surface area contributed by atoms with Crippen molar-refractivity contribution in [1.82, 2.24) is 20.9 Å². The number of para-hydroxylation sites is 1. The number of fused-ring (bicyclic) bond motifs is 1. The molecule has 12 N–H and O–H groups in total. The van der Waals surface area contributed by atoms with Crippen LogP contribution in [0.25, 0.3) is 10.9 Å². The first-order valence-electron chi connectivity index (χ1n) is 15.2. The number of aromatic nitrogens is 1. The van der Waals surface area contributed by atoms with E-state index >= 15 is 0 Å². The van der Waals surface area contributed by atoms with Crippen molar-refractivity contribution in [3.63, 3.8) is 0 Å². The van der Waals surface area contributed by atoms with Gasteiger partial charge in [0.15, 0.2) is 5.96 Å². The molecule has 1 aromatic heterocycles. The molecule has 14 nitrogen and oxygen atoms in total. The van der Waals surface area contributed by atoms with Crippen molar-refractivity contribution in [2.75, 3.05) is 6.54 Å². The van der Waals surface area contributed by atoms with Crippen LogP contribution in [0.15, 0.2) is 59.7 Å². The number of nitrogens with zero attached hydrogens (tertiary/aromatic N) is 1. The van der Waals surface area contributed by atoms with Gasteiger partial charge < -0.3 is 48.3 Å². The van der Waals surface area contributed by atoms with Gasteiger partial charge in [-0.25, -0.2) is 4.79 Å². The quantitative estimate of drug-likeness (QED) is 0.0571. The highest BCUT2D eigenvalue weighted by atomic mass is 16.4. The Morgan fingerprint density at radius 1 is 0.913 bits per heavy atom. The van der Waals surface area contributed by atoms with E-state index in [1.807, 2.05) is 31.2 Å². The highest BCUT2D eigenvalue weighted by Crippen LogP contribution is 2.19. The van der Waals surface area contributed by atoms with Crippen molar-refractivity contribution in [2.24, 2.45) is 28.1 Å². The number of phenolic OH excluding ortho intramolecular Hbond substituents is 1. The Balaban J connectivity index is 1.74. The average molecular weight is 637 g/mol. The van der Waals surface area contributed by atoms with Crippen LogP contribution < -0.4 is 33.2 Å². The number of nitrogens with one attached hydrogen (secondary N) is 4. The van der Waals surface area contributed by atoms with Gasteiger partial charge in [0.1, 0.15) is 23.9 Å². The van der Waals surface area contributed by atoms with Crippen molar-refractivity contribution in [3.8, 4) is 5.75 Å². The lowest BCUT2D eigenvalue weighted by Gasteiger charge is -2.28. The number of rotatable bonds is 17. The minimum Gasteiger partial charge on any atom is -0.508 e. The molecule has 3 amide bonds. The standard InChI is InChI=1S/C32H44N8O6/c1-3-18(2)27(30(44)39-26(31(45)46)15-19-10-12-21(41)13-11-19)40-29(43)25(9-6-14-36-32(34)35)38-28(42)23(33)16-20-17-37-24-8-5-4-7-22(20)24/h4-5,7-8,10-13,17-18,23,25-27,37,41H,3,6,9,14-16,33H2,1-2H3,(H,38,42)(H,39,44)(H,40,43)(H,45,46)(H4,34,35,36). The molecule has 0 bridgehead atoms. The van der Waals surface area contributed by atoms with Crippen molar-refractivity contribution < 1.29 is 29.4 Å². The summed E-state index contributed by atoms with van der Waals surface area (Å²) in [6.07, 6.45) is 2.93. The lowest BCUT2D eigenvalue weighted by atomic mass is 9.96. The van der Waals surface area contributed by atoms with E-state index < -0.39 is 47.9 Å². The number of H-pyrrole nitrogens is 1. The molecule has 0 aliphatic rings. The molecule has 46 heavy (non-hydrogen) atoms. The molecule has 14 heteroatoms. The third kappa shape index (κ3) is 10.2. The molecule has 5 atom stereocenters. The maximum atomic E-state index is 13.6. The molecule has 0 saturated carbocycles. The fourth-order valence-corrected chi connectivity index (χ4v) is 4.97. The molecule has 3 rings (SSSR count). The van der Waals surface area contributed by atoms with Gasteiger partial charge in [0.25, 0.3) is 0 Å². The van der Waals surface area contributed by atoms with E-state index in [9.17, 15) is 29.4 Å². The highest BCUT2D eigenvalue weighted by molar-refractivity contribution is 5.94. The Morgan fingerprint density at radius 3 is 2.24 bits per heavy atom. The van der Waals surface area contributed by atoms with Crippen molar-refractivity contribution >= 4 is 40.6 Å². The molecule has 5 unspecified atom stereocenters. The number of carbonyl (C=O) groups excluding carboxylic acids is 3. The number of phenols is 1. The number of benzene rings is 2. The SMILES string of the molecule is CCC(C)C(NC(=O)C(CCCN=C(N)N)NC(=O)C(N)Cc1c[nH]c2ccccc12)C(=O)NC(Cc1ccc(O)cc1)C(=O)O. The second kappa shape index (κ2) is 16.8. The van der Waals surface area contributed by atoms with Crippen LogP contribution in [0.4, 0.5) is 0 Å². The number of aromatic amines is 1. The van der Waals surface area contributed by atoms with Gasteiger partial charge >= 0.3 is 5.97 Å². The lowest BCUT2D eigenvalue weighted by Crippen LogP contribution is -2.59. The van der Waals surface area contributed by atoms with E-state index in [1.54, 1.807) is 25.3 Å². The van der Waals surface area contributed by atoms with Gasteiger partial charge in [-0.3, -0.25) is 19.4 Å². The fraction of sp³-hybridized carbons (Fsp3) is 0.406. The molecule has 0 aliphatic carbocycles. The van der Waals surface area contributed by atoms with Crippen LogP contribution in [0, 0.1) is 5.92 Å².